The molecule has 4 nitrogen and oxygen atoms in total. The minimum Gasteiger partial charge on any atom is -0.480 e. The summed E-state index contributed by atoms with van der Waals surface area (Å²) in [6.45, 7) is 11.7. The summed E-state index contributed by atoms with van der Waals surface area (Å²) in [5.74, 6) is -2.94. The molecule has 0 spiro atoms. The minimum absolute atomic E-state index is 0.460. The van der Waals surface area contributed by atoms with Crippen molar-refractivity contribution in [2.45, 2.75) is 67.2 Å². The molecule has 1 atom stereocenters. The van der Waals surface area contributed by atoms with Crippen LogP contribution in [0.3, 0.4) is 0 Å². The number of aliphatic carboxylic acids is 2. The molecule has 0 aromatic rings. The molecule has 1 rings (SSSR count). The summed E-state index contributed by atoms with van der Waals surface area (Å²) in [7, 11) is 0. The topological polar surface area (TPSA) is 74.6 Å². The SMILES string of the molecule is CC(C)=CCC/C(C)=C/CC/C(C)=C/C1C(C)(C)C1(C(=O)O)C(=O)O. The first kappa shape index (κ1) is 21.2. The molecular formula is C21H32O4. The summed E-state index contributed by atoms with van der Waals surface area (Å²) in [6.07, 6.45) is 10.1. The van der Waals surface area contributed by atoms with Gasteiger partial charge in [0.25, 0.3) is 0 Å². The highest BCUT2D eigenvalue weighted by Crippen LogP contribution is 2.70. The molecule has 0 heterocycles. The molecule has 0 aliphatic heterocycles. The van der Waals surface area contributed by atoms with Crippen molar-refractivity contribution in [3.05, 3.63) is 34.9 Å². The lowest BCUT2D eigenvalue weighted by molar-refractivity contribution is -0.159. The van der Waals surface area contributed by atoms with E-state index in [9.17, 15) is 19.8 Å². The molecule has 1 aliphatic rings. The lowest BCUT2D eigenvalue weighted by Gasteiger charge is -2.08. The second kappa shape index (κ2) is 8.03. The maximum Gasteiger partial charge on any atom is 0.322 e. The van der Waals surface area contributed by atoms with Crippen LogP contribution in [0.2, 0.25) is 0 Å². The van der Waals surface area contributed by atoms with Gasteiger partial charge in [0.05, 0.1) is 0 Å². The van der Waals surface area contributed by atoms with Crippen LogP contribution in [0.1, 0.15) is 67.2 Å². The van der Waals surface area contributed by atoms with Crippen LogP contribution in [0.4, 0.5) is 0 Å². The molecule has 140 valence electrons. The van der Waals surface area contributed by atoms with Gasteiger partial charge in [-0.2, -0.15) is 0 Å². The van der Waals surface area contributed by atoms with E-state index in [1.807, 2.05) is 13.0 Å². The van der Waals surface area contributed by atoms with Gasteiger partial charge in [-0.05, 0) is 53.4 Å². The van der Waals surface area contributed by atoms with Gasteiger partial charge in [-0.1, -0.05) is 48.8 Å². The molecule has 0 aromatic carbocycles. The van der Waals surface area contributed by atoms with Crippen LogP contribution in [-0.2, 0) is 9.59 Å². The summed E-state index contributed by atoms with van der Waals surface area (Å²) in [5, 5.41) is 18.9. The third-order valence-electron chi connectivity index (χ3n) is 5.43. The quantitative estimate of drug-likeness (QED) is 0.442. The van der Waals surface area contributed by atoms with Crippen LogP contribution in [0.15, 0.2) is 34.9 Å². The maximum absolute atomic E-state index is 11.6. The van der Waals surface area contributed by atoms with E-state index < -0.39 is 28.7 Å². The van der Waals surface area contributed by atoms with Gasteiger partial charge in [0, 0.05) is 11.3 Å². The highest BCUT2D eigenvalue weighted by atomic mass is 16.4. The Hall–Kier alpha value is -1.84. The average molecular weight is 348 g/mol. The van der Waals surface area contributed by atoms with E-state index in [0.717, 1.165) is 31.3 Å². The monoisotopic (exact) mass is 348 g/mol. The fourth-order valence-electron chi connectivity index (χ4n) is 3.65. The fourth-order valence-corrected chi connectivity index (χ4v) is 3.65. The second-order valence-corrected chi connectivity index (χ2v) is 8.04. The van der Waals surface area contributed by atoms with Crippen molar-refractivity contribution >= 4 is 11.9 Å². The molecule has 0 aromatic heterocycles. The molecule has 2 N–H and O–H groups in total. The van der Waals surface area contributed by atoms with Crippen molar-refractivity contribution in [3.8, 4) is 0 Å². The summed E-state index contributed by atoms with van der Waals surface area (Å²) in [6, 6.07) is 0. The first-order valence-electron chi connectivity index (χ1n) is 8.91. The van der Waals surface area contributed by atoms with Crippen molar-refractivity contribution in [1.29, 1.82) is 0 Å². The zero-order valence-corrected chi connectivity index (χ0v) is 16.3. The molecule has 1 fully saturated rings. The Balaban J connectivity index is 2.66. The Morgan fingerprint density at radius 2 is 1.36 bits per heavy atom. The summed E-state index contributed by atoms with van der Waals surface area (Å²) in [5.41, 5.74) is 1.28. The van der Waals surface area contributed by atoms with Crippen LogP contribution in [0.5, 0.6) is 0 Å². The number of hydrogen-bond donors (Lipinski definition) is 2. The minimum atomic E-state index is -1.69. The molecule has 1 aliphatic carbocycles. The van der Waals surface area contributed by atoms with Gasteiger partial charge in [-0.25, -0.2) is 0 Å². The van der Waals surface area contributed by atoms with Crippen molar-refractivity contribution in [1.82, 2.24) is 0 Å². The second-order valence-electron chi connectivity index (χ2n) is 8.04. The smallest absolute Gasteiger partial charge is 0.322 e. The van der Waals surface area contributed by atoms with E-state index in [-0.39, 0.29) is 0 Å². The predicted molar refractivity (Wildman–Crippen MR) is 100 cm³/mol. The van der Waals surface area contributed by atoms with Crippen LogP contribution in [0, 0.1) is 16.7 Å². The van der Waals surface area contributed by atoms with Crippen LogP contribution in [-0.4, -0.2) is 22.2 Å². The third-order valence-corrected chi connectivity index (χ3v) is 5.43. The molecular weight excluding hydrogens is 316 g/mol. The van der Waals surface area contributed by atoms with Crippen molar-refractivity contribution in [2.75, 3.05) is 0 Å². The van der Waals surface area contributed by atoms with E-state index >= 15 is 0 Å². The van der Waals surface area contributed by atoms with Crippen molar-refractivity contribution in [3.63, 3.8) is 0 Å². The molecule has 0 radical (unpaired) electrons. The van der Waals surface area contributed by atoms with Gasteiger partial charge in [-0.15, -0.1) is 0 Å². The van der Waals surface area contributed by atoms with Crippen LogP contribution in [0.25, 0.3) is 0 Å². The normalized spacial score (nSPS) is 21.6. The van der Waals surface area contributed by atoms with Crippen molar-refractivity contribution < 1.29 is 19.8 Å². The zero-order chi connectivity index (χ0) is 19.4. The number of allylic oxidation sites excluding steroid dienone is 6. The maximum atomic E-state index is 11.6. The third kappa shape index (κ3) is 4.42. The molecule has 0 amide bonds. The zero-order valence-electron chi connectivity index (χ0n) is 16.3. The van der Waals surface area contributed by atoms with Gasteiger partial charge in [0.2, 0.25) is 0 Å². The molecule has 1 saturated carbocycles. The summed E-state index contributed by atoms with van der Waals surface area (Å²) >= 11 is 0. The van der Waals surface area contributed by atoms with E-state index in [4.69, 9.17) is 0 Å². The Bertz CT molecular complexity index is 602. The van der Waals surface area contributed by atoms with E-state index in [2.05, 4.69) is 32.9 Å². The van der Waals surface area contributed by atoms with E-state index in [1.165, 1.54) is 11.1 Å². The number of carboxylic acid groups (broad SMARTS) is 2. The van der Waals surface area contributed by atoms with Gasteiger partial charge >= 0.3 is 11.9 Å². The first-order valence-corrected chi connectivity index (χ1v) is 8.91. The van der Waals surface area contributed by atoms with Gasteiger partial charge < -0.3 is 10.2 Å². The predicted octanol–water partition coefficient (Wildman–Crippen LogP) is 5.22. The van der Waals surface area contributed by atoms with Gasteiger partial charge in [0.1, 0.15) is 0 Å². The Morgan fingerprint density at radius 3 is 1.80 bits per heavy atom. The number of carbonyl (C=O) groups is 2. The van der Waals surface area contributed by atoms with Gasteiger partial charge in [-0.3, -0.25) is 9.59 Å². The fraction of sp³-hybridized carbons (Fsp3) is 0.619. The number of carboxylic acids is 2. The summed E-state index contributed by atoms with van der Waals surface area (Å²) in [4.78, 5) is 23.1. The number of hydrogen-bond acceptors (Lipinski definition) is 2. The van der Waals surface area contributed by atoms with E-state index in [0.29, 0.717) is 0 Å². The van der Waals surface area contributed by atoms with Crippen molar-refractivity contribution in [2.24, 2.45) is 16.7 Å². The largest absolute Gasteiger partial charge is 0.480 e. The Morgan fingerprint density at radius 1 is 0.880 bits per heavy atom. The molecule has 25 heavy (non-hydrogen) atoms. The molecule has 4 heteroatoms. The van der Waals surface area contributed by atoms with E-state index in [1.54, 1.807) is 13.8 Å². The lowest BCUT2D eigenvalue weighted by atomic mass is 9.96. The molecule has 0 saturated heterocycles. The average Bonchev–Trinajstić information content (AvgIpc) is 2.95. The highest BCUT2D eigenvalue weighted by molar-refractivity contribution is 6.04. The lowest BCUT2D eigenvalue weighted by Crippen LogP contribution is -2.30. The first-order chi connectivity index (χ1) is 11.5. The van der Waals surface area contributed by atoms with Crippen LogP contribution < -0.4 is 0 Å². The summed E-state index contributed by atoms with van der Waals surface area (Å²) < 4.78 is 0. The number of rotatable bonds is 9. The van der Waals surface area contributed by atoms with Crippen LogP contribution >= 0.6 is 0 Å². The highest BCUT2D eigenvalue weighted by Gasteiger charge is 2.80. The molecule has 0 bridgehead atoms. The molecule has 1 unspecified atom stereocenters. The Labute approximate surface area is 151 Å². The standard InChI is InChI=1S/C21H32O4/c1-14(2)9-7-10-15(3)11-8-12-16(4)13-17-20(5,6)21(17,18(22)23)19(24)25/h9,11,13,17H,7-8,10,12H2,1-6H3,(H,22,23)(H,24,25)/b15-11+,16-13+. The van der Waals surface area contributed by atoms with Gasteiger partial charge in [0.15, 0.2) is 5.41 Å². The Kier molecular flexibility index (Phi) is 6.81.